The van der Waals surface area contributed by atoms with Crippen LogP contribution in [0.3, 0.4) is 0 Å². The van der Waals surface area contributed by atoms with E-state index < -0.39 is 5.83 Å². The average molecular weight is 548 g/mol. The minimum Gasteiger partial charge on any atom is -0.461 e. The van der Waals surface area contributed by atoms with Gasteiger partial charge in [-0.3, -0.25) is 4.79 Å². The maximum Gasteiger partial charge on any atom is 0.197 e. The fourth-order valence-electron chi connectivity index (χ4n) is 4.64. The Morgan fingerprint density at radius 2 is 1.86 bits per heavy atom. The van der Waals surface area contributed by atoms with Crippen LogP contribution in [-0.4, -0.2) is 61.8 Å². The molecule has 1 atom stereocenters. The van der Waals surface area contributed by atoms with Crippen molar-refractivity contribution < 1.29 is 19.0 Å². The number of nitrogens with zero attached hydrogens (tertiary/aromatic N) is 3. The summed E-state index contributed by atoms with van der Waals surface area (Å²) in [5.74, 6) is -0.387. The molecule has 0 spiro atoms. The van der Waals surface area contributed by atoms with Crippen LogP contribution in [0.4, 0.5) is 21.5 Å². The largest absolute Gasteiger partial charge is 0.461 e. The zero-order valence-electron chi connectivity index (χ0n) is 22.2. The molecule has 0 amide bonds. The molecule has 2 aliphatic rings. The Bertz CT molecular complexity index is 1050. The molecule has 1 N–H and O–H groups in total. The minimum atomic E-state index is -0.934. The number of rotatable bonds is 9. The van der Waals surface area contributed by atoms with Crippen molar-refractivity contribution in [3.8, 4) is 5.75 Å². The molecule has 4 rings (SSSR count). The van der Waals surface area contributed by atoms with E-state index in [-0.39, 0.29) is 6.29 Å². The lowest BCUT2D eigenvalue weighted by atomic mass is 10.1. The number of allylic oxidation sites excluding steroid dienone is 1. The summed E-state index contributed by atoms with van der Waals surface area (Å²) >= 11 is 3.24. The van der Waals surface area contributed by atoms with Gasteiger partial charge in [-0.05, 0) is 80.9 Å². The first-order chi connectivity index (χ1) is 18.0. The van der Waals surface area contributed by atoms with Crippen LogP contribution in [0.2, 0.25) is 0 Å². The van der Waals surface area contributed by atoms with E-state index >= 15 is 0 Å². The Labute approximate surface area is 229 Å². The molecule has 6 nitrogen and oxygen atoms in total. The van der Waals surface area contributed by atoms with Crippen LogP contribution in [0.1, 0.15) is 39.0 Å². The normalized spacial score (nSPS) is 18.1. The van der Waals surface area contributed by atoms with Crippen LogP contribution in [0, 0.1) is 0 Å². The predicted molar refractivity (Wildman–Crippen MR) is 154 cm³/mol. The van der Waals surface area contributed by atoms with E-state index in [0.717, 1.165) is 61.3 Å². The number of ether oxygens (including phenoxy) is 1. The highest BCUT2D eigenvalue weighted by atomic mass is 32.2. The molecule has 202 valence electrons. The smallest absolute Gasteiger partial charge is 0.197 e. The molecule has 2 aromatic carbocycles. The number of carbonyl (C=O) groups is 1. The number of aldehydes is 1. The Morgan fingerprint density at radius 3 is 2.49 bits per heavy atom. The molecule has 0 saturated carbocycles. The summed E-state index contributed by atoms with van der Waals surface area (Å²) in [6.07, 6.45) is 8.97. The minimum absolute atomic E-state index is 0.149. The van der Waals surface area contributed by atoms with Crippen LogP contribution in [-0.2, 0) is 4.79 Å². The summed E-state index contributed by atoms with van der Waals surface area (Å²) in [7, 11) is 3.14. The maximum atomic E-state index is 13.5. The highest BCUT2D eigenvalue weighted by Gasteiger charge is 2.29. The number of thioether (sulfide) groups is 1. The number of hydrogen-bond donors (Lipinski definition) is 1. The molecule has 1 saturated heterocycles. The van der Waals surface area contributed by atoms with Crippen molar-refractivity contribution in [2.45, 2.75) is 54.9 Å². The van der Waals surface area contributed by atoms with Gasteiger partial charge >= 0.3 is 0 Å². The third kappa shape index (κ3) is 7.44. The second-order valence-electron chi connectivity index (χ2n) is 8.96. The Balaban J connectivity index is 0.00000186. The topological polar surface area (TPSA) is 56.2 Å². The molecule has 37 heavy (non-hydrogen) atoms. The van der Waals surface area contributed by atoms with Crippen molar-refractivity contribution in [3.05, 3.63) is 48.5 Å². The first-order valence-corrected chi connectivity index (χ1v) is 14.7. The SMILES string of the molecule is CCCCC1CN(c2ccc(N3CCCC3)cc2)c2cc(SC)c(O/C=C(\F)C=O)cc2SN1C.CO. The zero-order valence-corrected chi connectivity index (χ0v) is 23.8. The van der Waals surface area contributed by atoms with Crippen molar-refractivity contribution >= 4 is 47.1 Å². The van der Waals surface area contributed by atoms with E-state index in [0.29, 0.717) is 11.8 Å². The molecule has 9 heteroatoms. The second-order valence-corrected chi connectivity index (χ2v) is 11.0. The first kappa shape index (κ1) is 29.4. The number of aliphatic hydroxyl groups excluding tert-OH is 1. The monoisotopic (exact) mass is 547 g/mol. The maximum absolute atomic E-state index is 13.5. The third-order valence-electron chi connectivity index (χ3n) is 6.62. The summed E-state index contributed by atoms with van der Waals surface area (Å²) in [4.78, 5) is 17.5. The van der Waals surface area contributed by atoms with Crippen molar-refractivity contribution in [2.24, 2.45) is 0 Å². The van der Waals surface area contributed by atoms with Crippen LogP contribution in [0.5, 0.6) is 5.75 Å². The number of anilines is 3. The molecule has 2 heterocycles. The van der Waals surface area contributed by atoms with Gasteiger partial charge < -0.3 is 19.6 Å². The number of likely N-dealkylation sites (N-methyl/N-ethyl adjacent to an activating group) is 1. The van der Waals surface area contributed by atoms with Crippen molar-refractivity contribution in [1.29, 1.82) is 0 Å². The summed E-state index contributed by atoms with van der Waals surface area (Å²) in [6, 6.07) is 13.4. The Hall–Kier alpha value is -2.20. The molecular weight excluding hydrogens is 509 g/mol. The van der Waals surface area contributed by atoms with Crippen LogP contribution < -0.4 is 14.5 Å². The number of fused-ring (bicyclic) bond motifs is 1. The van der Waals surface area contributed by atoms with Gasteiger partial charge in [0.2, 0.25) is 0 Å². The molecule has 2 aliphatic heterocycles. The van der Waals surface area contributed by atoms with Crippen LogP contribution in [0.25, 0.3) is 0 Å². The van der Waals surface area contributed by atoms with E-state index in [1.54, 1.807) is 23.7 Å². The van der Waals surface area contributed by atoms with E-state index in [9.17, 15) is 9.18 Å². The number of unbranched alkanes of at least 4 members (excludes halogenated alkanes) is 1. The van der Waals surface area contributed by atoms with Crippen molar-refractivity contribution in [1.82, 2.24) is 4.31 Å². The van der Waals surface area contributed by atoms with Gasteiger partial charge in [0.05, 0.1) is 15.5 Å². The summed E-state index contributed by atoms with van der Waals surface area (Å²) in [6.45, 7) is 5.37. The molecule has 0 bridgehead atoms. The number of carbonyl (C=O) groups excluding carboxylic acids is 1. The second kappa shape index (κ2) is 14.7. The van der Waals surface area contributed by atoms with Gasteiger partial charge in [0.25, 0.3) is 0 Å². The van der Waals surface area contributed by atoms with Crippen LogP contribution in [0.15, 0.2) is 58.3 Å². The van der Waals surface area contributed by atoms with Gasteiger partial charge in [-0.1, -0.05) is 19.8 Å². The predicted octanol–water partition coefficient (Wildman–Crippen LogP) is 6.66. The van der Waals surface area contributed by atoms with Gasteiger partial charge in [0.1, 0.15) is 12.0 Å². The van der Waals surface area contributed by atoms with Gasteiger partial charge in [-0.15, -0.1) is 11.8 Å². The molecule has 0 aromatic heterocycles. The van der Waals surface area contributed by atoms with Crippen molar-refractivity contribution in [3.63, 3.8) is 0 Å². The van der Waals surface area contributed by atoms with E-state index in [2.05, 4.69) is 58.4 Å². The van der Waals surface area contributed by atoms with Crippen molar-refractivity contribution in [2.75, 3.05) is 49.8 Å². The lowest BCUT2D eigenvalue weighted by Gasteiger charge is -2.30. The number of hydrogen-bond acceptors (Lipinski definition) is 8. The van der Waals surface area contributed by atoms with E-state index in [4.69, 9.17) is 9.84 Å². The zero-order chi connectivity index (χ0) is 26.8. The standard InChI is InChI=1S/C27H34FN3O2S2.CH4O/c1-4-5-8-23-17-31(22-11-9-21(10-12-22)30-13-6-7-14-30)24-15-27(34-3)25(33-19-20(28)18-32)16-26(24)35-29(23)2;1-2/h9-12,15-16,18-19,23H,4-8,13-14,17H2,1-3H3;2H,1H3/b20-19-;. The fraction of sp³-hybridized carbons (Fsp3) is 0.464. The van der Waals surface area contributed by atoms with Gasteiger partial charge in [0, 0.05) is 44.2 Å². The summed E-state index contributed by atoms with van der Waals surface area (Å²) in [5.41, 5.74) is 3.57. The third-order valence-corrected chi connectivity index (χ3v) is 8.49. The molecular formula is C28H38FN3O3S2. The first-order valence-electron chi connectivity index (χ1n) is 12.7. The highest BCUT2D eigenvalue weighted by molar-refractivity contribution is 7.98. The van der Waals surface area contributed by atoms with E-state index in [1.165, 1.54) is 30.6 Å². The molecule has 1 fully saturated rings. The lowest BCUT2D eigenvalue weighted by Crippen LogP contribution is -2.35. The van der Waals surface area contributed by atoms with Crippen LogP contribution >= 0.6 is 23.7 Å². The number of aliphatic hydroxyl groups is 1. The Kier molecular flexibility index (Phi) is 11.6. The molecule has 0 aliphatic carbocycles. The Morgan fingerprint density at radius 1 is 1.19 bits per heavy atom. The molecule has 0 radical (unpaired) electrons. The van der Waals surface area contributed by atoms with Gasteiger partial charge in [-0.25, -0.2) is 4.31 Å². The summed E-state index contributed by atoms with van der Waals surface area (Å²) < 4.78 is 21.4. The quantitative estimate of drug-likeness (QED) is 0.123. The highest BCUT2D eigenvalue weighted by Crippen LogP contribution is 2.46. The molecule has 1 unspecified atom stereocenters. The fourth-order valence-corrected chi connectivity index (χ4v) is 6.24. The average Bonchev–Trinajstić information content (AvgIpc) is 3.44. The molecule has 2 aromatic rings. The van der Waals surface area contributed by atoms with Gasteiger partial charge in [-0.2, -0.15) is 4.39 Å². The number of benzene rings is 2. The lowest BCUT2D eigenvalue weighted by molar-refractivity contribution is -0.106. The van der Waals surface area contributed by atoms with Gasteiger partial charge in [0.15, 0.2) is 12.1 Å². The summed E-state index contributed by atoms with van der Waals surface area (Å²) in [5, 5.41) is 7.00. The number of halogens is 1. The van der Waals surface area contributed by atoms with E-state index in [1.807, 2.05) is 12.3 Å².